The molecule has 1 amide bonds. The van der Waals surface area contributed by atoms with E-state index in [9.17, 15) is 9.90 Å². The number of nitrogens with zero attached hydrogens (tertiary/aromatic N) is 2. The van der Waals surface area contributed by atoms with Gasteiger partial charge in [-0.2, -0.15) is 0 Å². The molecule has 15 heavy (non-hydrogen) atoms. The monoisotopic (exact) mass is 212 g/mol. The van der Waals surface area contributed by atoms with E-state index < -0.39 is 0 Å². The minimum absolute atomic E-state index is 0.197. The number of carbonyl (C=O) groups excluding carboxylic acids is 1. The number of fused-ring (bicyclic) bond motifs is 1. The van der Waals surface area contributed by atoms with Crippen molar-refractivity contribution < 1.29 is 9.90 Å². The lowest BCUT2D eigenvalue weighted by Gasteiger charge is -2.41. The van der Waals surface area contributed by atoms with Gasteiger partial charge in [-0.3, -0.25) is 9.69 Å². The van der Waals surface area contributed by atoms with Crippen LogP contribution in [0.25, 0.3) is 0 Å². The molecule has 2 aliphatic heterocycles. The number of hydrogen-bond acceptors (Lipinski definition) is 3. The average molecular weight is 212 g/mol. The van der Waals surface area contributed by atoms with Gasteiger partial charge in [0.2, 0.25) is 5.91 Å². The zero-order chi connectivity index (χ0) is 11.0. The Balaban J connectivity index is 1.96. The Morgan fingerprint density at radius 2 is 2.13 bits per heavy atom. The van der Waals surface area contributed by atoms with Gasteiger partial charge in [0.05, 0.1) is 6.10 Å². The molecule has 2 aliphatic rings. The molecule has 2 saturated heterocycles. The van der Waals surface area contributed by atoms with E-state index in [1.807, 2.05) is 11.8 Å². The molecule has 0 saturated carbocycles. The smallest absolute Gasteiger partial charge is 0.222 e. The van der Waals surface area contributed by atoms with Crippen LogP contribution in [0.15, 0.2) is 0 Å². The molecule has 0 aromatic rings. The van der Waals surface area contributed by atoms with Gasteiger partial charge in [0, 0.05) is 38.1 Å². The zero-order valence-corrected chi connectivity index (χ0v) is 9.52. The summed E-state index contributed by atoms with van der Waals surface area (Å²) in [6.45, 7) is 6.54. The van der Waals surface area contributed by atoms with Crippen molar-refractivity contribution in [2.45, 2.75) is 44.9 Å². The lowest BCUT2D eigenvalue weighted by atomic mass is 10.1. The highest BCUT2D eigenvalue weighted by molar-refractivity contribution is 5.78. The summed E-state index contributed by atoms with van der Waals surface area (Å²) < 4.78 is 0. The molecule has 0 aromatic carbocycles. The molecule has 4 nitrogen and oxygen atoms in total. The Bertz CT molecular complexity index is 255. The number of aliphatic hydroxyl groups is 1. The van der Waals surface area contributed by atoms with Crippen LogP contribution in [0.5, 0.6) is 0 Å². The molecule has 3 atom stereocenters. The van der Waals surface area contributed by atoms with E-state index in [0.717, 1.165) is 26.1 Å². The summed E-state index contributed by atoms with van der Waals surface area (Å²) in [5.41, 5.74) is 0. The largest absolute Gasteiger partial charge is 0.392 e. The summed E-state index contributed by atoms with van der Waals surface area (Å²) in [5, 5.41) is 9.54. The van der Waals surface area contributed by atoms with Gasteiger partial charge in [-0.1, -0.05) is 0 Å². The lowest BCUT2D eigenvalue weighted by molar-refractivity contribution is -0.131. The van der Waals surface area contributed by atoms with E-state index in [0.29, 0.717) is 18.4 Å². The fourth-order valence-corrected chi connectivity index (χ4v) is 2.56. The normalized spacial score (nSPS) is 31.5. The first-order valence-corrected chi connectivity index (χ1v) is 5.81. The SMILES string of the molecule is CC(O)C(C)N1CCN2C(=O)CCC2C1. The van der Waals surface area contributed by atoms with Gasteiger partial charge in [-0.05, 0) is 20.3 Å². The molecule has 4 heteroatoms. The van der Waals surface area contributed by atoms with Crippen molar-refractivity contribution in [2.75, 3.05) is 19.6 Å². The van der Waals surface area contributed by atoms with Crippen molar-refractivity contribution in [3.05, 3.63) is 0 Å². The Hall–Kier alpha value is -0.610. The minimum Gasteiger partial charge on any atom is -0.392 e. The molecule has 0 aromatic heterocycles. The quantitative estimate of drug-likeness (QED) is 0.704. The van der Waals surface area contributed by atoms with E-state index in [-0.39, 0.29) is 12.1 Å². The molecule has 2 heterocycles. The van der Waals surface area contributed by atoms with Crippen molar-refractivity contribution in [2.24, 2.45) is 0 Å². The standard InChI is InChI=1S/C11H20N2O2/c1-8(9(2)14)12-5-6-13-10(7-12)3-4-11(13)15/h8-10,14H,3-7H2,1-2H3. The van der Waals surface area contributed by atoms with Crippen LogP contribution >= 0.6 is 0 Å². The number of piperazine rings is 1. The van der Waals surface area contributed by atoms with Gasteiger partial charge >= 0.3 is 0 Å². The summed E-state index contributed by atoms with van der Waals surface area (Å²) in [7, 11) is 0. The number of carbonyl (C=O) groups is 1. The van der Waals surface area contributed by atoms with Crippen molar-refractivity contribution >= 4 is 5.91 Å². The molecule has 3 unspecified atom stereocenters. The molecule has 0 spiro atoms. The summed E-state index contributed by atoms with van der Waals surface area (Å²) in [6.07, 6.45) is 1.40. The Morgan fingerprint density at radius 3 is 2.80 bits per heavy atom. The highest BCUT2D eigenvalue weighted by Crippen LogP contribution is 2.24. The average Bonchev–Trinajstić information content (AvgIpc) is 2.59. The molecular weight excluding hydrogens is 192 g/mol. The second-order valence-corrected chi connectivity index (χ2v) is 4.76. The van der Waals surface area contributed by atoms with E-state index in [4.69, 9.17) is 0 Å². The third-order valence-electron chi connectivity index (χ3n) is 3.80. The van der Waals surface area contributed by atoms with Gasteiger partial charge < -0.3 is 10.0 Å². The van der Waals surface area contributed by atoms with Crippen LogP contribution in [0.3, 0.4) is 0 Å². The van der Waals surface area contributed by atoms with Crippen LogP contribution in [-0.2, 0) is 4.79 Å². The van der Waals surface area contributed by atoms with Crippen molar-refractivity contribution in [3.63, 3.8) is 0 Å². The second kappa shape index (κ2) is 4.10. The zero-order valence-electron chi connectivity index (χ0n) is 9.52. The highest BCUT2D eigenvalue weighted by atomic mass is 16.3. The van der Waals surface area contributed by atoms with E-state index in [1.165, 1.54) is 0 Å². The molecule has 1 N–H and O–H groups in total. The van der Waals surface area contributed by atoms with E-state index in [1.54, 1.807) is 0 Å². The molecule has 0 bridgehead atoms. The van der Waals surface area contributed by atoms with Gasteiger partial charge in [0.15, 0.2) is 0 Å². The maximum atomic E-state index is 11.5. The topological polar surface area (TPSA) is 43.8 Å². The van der Waals surface area contributed by atoms with Crippen LogP contribution in [0.4, 0.5) is 0 Å². The van der Waals surface area contributed by atoms with Crippen LogP contribution in [0.1, 0.15) is 26.7 Å². The summed E-state index contributed by atoms with van der Waals surface area (Å²) in [5.74, 6) is 0.310. The molecule has 2 fully saturated rings. The maximum Gasteiger partial charge on any atom is 0.222 e. The molecular formula is C11H20N2O2. The van der Waals surface area contributed by atoms with Gasteiger partial charge in [-0.25, -0.2) is 0 Å². The molecule has 0 aliphatic carbocycles. The first kappa shape index (κ1) is 10.9. The van der Waals surface area contributed by atoms with Crippen LogP contribution in [-0.4, -0.2) is 58.6 Å². The first-order valence-electron chi connectivity index (χ1n) is 5.81. The summed E-state index contributed by atoms with van der Waals surface area (Å²) in [4.78, 5) is 15.8. The number of aliphatic hydroxyl groups excluding tert-OH is 1. The second-order valence-electron chi connectivity index (χ2n) is 4.76. The van der Waals surface area contributed by atoms with Crippen LogP contribution in [0.2, 0.25) is 0 Å². The fourth-order valence-electron chi connectivity index (χ4n) is 2.56. The predicted molar refractivity (Wildman–Crippen MR) is 57.5 cm³/mol. The first-order chi connectivity index (χ1) is 7.09. The lowest BCUT2D eigenvalue weighted by Crippen LogP contribution is -2.55. The minimum atomic E-state index is -0.298. The predicted octanol–water partition coefficient (Wildman–Crippen LogP) is 0.0623. The van der Waals surface area contributed by atoms with Gasteiger partial charge in [0.1, 0.15) is 0 Å². The molecule has 0 radical (unpaired) electrons. The third kappa shape index (κ3) is 2.01. The van der Waals surface area contributed by atoms with Crippen LogP contribution < -0.4 is 0 Å². The number of amides is 1. The maximum absolute atomic E-state index is 11.5. The van der Waals surface area contributed by atoms with Crippen molar-refractivity contribution in [3.8, 4) is 0 Å². The Morgan fingerprint density at radius 1 is 1.40 bits per heavy atom. The molecule has 86 valence electrons. The van der Waals surface area contributed by atoms with Crippen LogP contribution in [0, 0.1) is 0 Å². The number of hydrogen-bond donors (Lipinski definition) is 1. The Labute approximate surface area is 90.9 Å². The van der Waals surface area contributed by atoms with E-state index in [2.05, 4.69) is 11.8 Å². The van der Waals surface area contributed by atoms with Gasteiger partial charge in [-0.15, -0.1) is 0 Å². The van der Waals surface area contributed by atoms with Crippen molar-refractivity contribution in [1.29, 1.82) is 0 Å². The van der Waals surface area contributed by atoms with Crippen molar-refractivity contribution in [1.82, 2.24) is 9.80 Å². The molecule has 2 rings (SSSR count). The fraction of sp³-hybridized carbons (Fsp3) is 0.909. The summed E-state index contributed by atoms with van der Waals surface area (Å²) in [6, 6.07) is 0.593. The van der Waals surface area contributed by atoms with Gasteiger partial charge in [0.25, 0.3) is 0 Å². The Kier molecular flexibility index (Phi) is 2.98. The van der Waals surface area contributed by atoms with E-state index >= 15 is 0 Å². The number of rotatable bonds is 2. The third-order valence-corrected chi connectivity index (χ3v) is 3.80. The summed E-state index contributed by atoms with van der Waals surface area (Å²) >= 11 is 0. The highest BCUT2D eigenvalue weighted by Gasteiger charge is 2.37.